The lowest BCUT2D eigenvalue weighted by Gasteiger charge is -2.50. The van der Waals surface area contributed by atoms with Gasteiger partial charge in [0.05, 0.1) is 11.9 Å². The van der Waals surface area contributed by atoms with Gasteiger partial charge in [-0.25, -0.2) is 4.98 Å². The second-order valence-corrected chi connectivity index (χ2v) is 6.32. The first-order valence-corrected chi connectivity index (χ1v) is 7.56. The number of likely N-dealkylation sites (tertiary alicyclic amines) is 1. The number of aromatic amines is 1. The van der Waals surface area contributed by atoms with E-state index in [1.165, 1.54) is 18.9 Å². The molecule has 1 aromatic heterocycles. The van der Waals surface area contributed by atoms with Crippen molar-refractivity contribution >= 4 is 5.91 Å². The minimum atomic E-state index is -0.656. The second-order valence-electron chi connectivity index (χ2n) is 6.32. The fourth-order valence-corrected chi connectivity index (χ4v) is 3.51. The average molecular weight is 291 g/mol. The van der Waals surface area contributed by atoms with Crippen molar-refractivity contribution in [3.05, 3.63) is 28.4 Å². The number of nitrogens with one attached hydrogen (secondary N) is 1. The molecule has 3 rings (SSSR count). The van der Waals surface area contributed by atoms with E-state index in [4.69, 9.17) is 0 Å². The smallest absolute Gasteiger partial charge is 0.263 e. The number of amides is 1. The lowest BCUT2D eigenvalue weighted by Crippen LogP contribution is -2.57. The minimum Gasteiger partial charge on any atom is -0.389 e. The summed E-state index contributed by atoms with van der Waals surface area (Å²) in [6.07, 6.45) is 6.51. The first-order chi connectivity index (χ1) is 10.0. The maximum Gasteiger partial charge on any atom is 0.263 e. The number of hydrogen-bond acceptors (Lipinski definition) is 4. The number of nitrogens with zero attached hydrogens (tertiary/aromatic N) is 2. The first kappa shape index (κ1) is 14.3. The van der Waals surface area contributed by atoms with Crippen LogP contribution < -0.4 is 5.56 Å². The Balaban J connectivity index is 1.74. The van der Waals surface area contributed by atoms with Crippen molar-refractivity contribution in [3.8, 4) is 0 Å². The van der Waals surface area contributed by atoms with Gasteiger partial charge in [0.25, 0.3) is 11.5 Å². The van der Waals surface area contributed by atoms with Crippen LogP contribution in [0.4, 0.5) is 0 Å². The molecule has 2 fully saturated rings. The monoisotopic (exact) mass is 291 g/mol. The van der Waals surface area contributed by atoms with Gasteiger partial charge in [-0.1, -0.05) is 13.3 Å². The summed E-state index contributed by atoms with van der Waals surface area (Å²) in [4.78, 5) is 32.0. The largest absolute Gasteiger partial charge is 0.389 e. The summed E-state index contributed by atoms with van der Waals surface area (Å²) >= 11 is 0. The van der Waals surface area contributed by atoms with Crippen molar-refractivity contribution in [2.45, 2.75) is 38.2 Å². The van der Waals surface area contributed by atoms with Gasteiger partial charge in [-0.15, -0.1) is 0 Å². The lowest BCUT2D eigenvalue weighted by molar-refractivity contribution is -0.122. The van der Waals surface area contributed by atoms with Crippen LogP contribution in [0.15, 0.2) is 17.3 Å². The Morgan fingerprint density at radius 2 is 2.29 bits per heavy atom. The highest BCUT2D eigenvalue weighted by Crippen LogP contribution is 2.44. The SMILES string of the molecule is C[C@@H]1CN(C(=O)c2cnc[nH]c2=O)CC[C@@]1(O)C1CCC1. The number of hydrogen-bond donors (Lipinski definition) is 2. The number of carbonyl (C=O) groups excluding carboxylic acids is 1. The van der Waals surface area contributed by atoms with Crippen LogP contribution in [0, 0.1) is 11.8 Å². The van der Waals surface area contributed by atoms with Gasteiger partial charge >= 0.3 is 0 Å². The molecule has 21 heavy (non-hydrogen) atoms. The molecule has 2 aliphatic rings. The third-order valence-electron chi connectivity index (χ3n) is 5.18. The van der Waals surface area contributed by atoms with E-state index in [0.717, 1.165) is 12.8 Å². The molecule has 0 aromatic carbocycles. The molecular weight excluding hydrogens is 270 g/mol. The highest BCUT2D eigenvalue weighted by atomic mass is 16.3. The summed E-state index contributed by atoms with van der Waals surface area (Å²) in [5.74, 6) is 0.0923. The summed E-state index contributed by atoms with van der Waals surface area (Å²) in [6, 6.07) is 0. The Labute approximate surface area is 123 Å². The quantitative estimate of drug-likeness (QED) is 0.843. The summed E-state index contributed by atoms with van der Waals surface area (Å²) in [5, 5.41) is 10.9. The van der Waals surface area contributed by atoms with Crippen LogP contribution in [0.2, 0.25) is 0 Å². The number of carbonyl (C=O) groups is 1. The molecular formula is C15H21N3O3. The van der Waals surface area contributed by atoms with Crippen LogP contribution in [0.3, 0.4) is 0 Å². The molecule has 2 N–H and O–H groups in total. The van der Waals surface area contributed by atoms with Gasteiger partial charge < -0.3 is 15.0 Å². The van der Waals surface area contributed by atoms with E-state index in [9.17, 15) is 14.7 Å². The predicted octanol–water partition coefficient (Wildman–Crippen LogP) is 0.783. The maximum atomic E-state index is 12.4. The van der Waals surface area contributed by atoms with Gasteiger partial charge in [0.2, 0.25) is 0 Å². The molecule has 2 heterocycles. The van der Waals surface area contributed by atoms with Crippen LogP contribution in [-0.2, 0) is 0 Å². The van der Waals surface area contributed by atoms with Crippen molar-refractivity contribution in [1.82, 2.24) is 14.9 Å². The van der Waals surface area contributed by atoms with Crippen molar-refractivity contribution in [1.29, 1.82) is 0 Å². The van der Waals surface area contributed by atoms with Gasteiger partial charge in [0, 0.05) is 25.2 Å². The molecule has 2 atom stereocenters. The molecule has 0 radical (unpaired) electrons. The van der Waals surface area contributed by atoms with Crippen LogP contribution in [0.25, 0.3) is 0 Å². The highest BCUT2D eigenvalue weighted by molar-refractivity contribution is 5.93. The van der Waals surface area contributed by atoms with Crippen molar-refractivity contribution < 1.29 is 9.90 Å². The second kappa shape index (κ2) is 5.26. The number of aromatic nitrogens is 2. The zero-order valence-electron chi connectivity index (χ0n) is 12.2. The number of H-pyrrole nitrogens is 1. The average Bonchev–Trinajstić information content (AvgIpc) is 2.40. The Morgan fingerprint density at radius 3 is 2.86 bits per heavy atom. The molecule has 114 valence electrons. The summed E-state index contributed by atoms with van der Waals surface area (Å²) in [5.41, 5.74) is -1.00. The lowest BCUT2D eigenvalue weighted by atomic mass is 9.65. The molecule has 1 saturated heterocycles. The van der Waals surface area contributed by atoms with Crippen LogP contribution in [0.5, 0.6) is 0 Å². The van der Waals surface area contributed by atoms with Gasteiger partial charge in [-0.05, 0) is 25.2 Å². The van der Waals surface area contributed by atoms with E-state index in [-0.39, 0.29) is 17.4 Å². The Morgan fingerprint density at radius 1 is 1.52 bits per heavy atom. The van der Waals surface area contributed by atoms with Gasteiger partial charge in [0.15, 0.2) is 0 Å². The Bertz CT molecular complexity index is 596. The fraction of sp³-hybridized carbons (Fsp3) is 0.667. The zero-order chi connectivity index (χ0) is 15.0. The molecule has 6 nitrogen and oxygen atoms in total. The van der Waals surface area contributed by atoms with E-state index in [1.807, 2.05) is 6.92 Å². The standard InChI is InChI=1S/C15H21N3O3/c1-10-8-18(6-5-15(10,21)11-3-2-4-11)14(20)12-7-16-9-17-13(12)19/h7,9-11,21H,2-6,8H2,1H3,(H,16,17,19)/t10-,15+/m1/s1. The minimum absolute atomic E-state index is 0.0243. The molecule has 0 bridgehead atoms. The normalized spacial score (nSPS) is 30.0. The highest BCUT2D eigenvalue weighted by Gasteiger charge is 2.47. The van der Waals surface area contributed by atoms with E-state index in [1.54, 1.807) is 4.90 Å². The third-order valence-corrected chi connectivity index (χ3v) is 5.18. The van der Waals surface area contributed by atoms with Crippen LogP contribution >= 0.6 is 0 Å². The Kier molecular flexibility index (Phi) is 3.57. The van der Waals surface area contributed by atoms with E-state index >= 15 is 0 Å². The van der Waals surface area contributed by atoms with Crippen molar-refractivity contribution in [2.75, 3.05) is 13.1 Å². The third kappa shape index (κ3) is 2.37. The molecule has 1 saturated carbocycles. The molecule has 0 spiro atoms. The Hall–Kier alpha value is -1.69. The predicted molar refractivity (Wildman–Crippen MR) is 76.8 cm³/mol. The summed E-state index contributed by atoms with van der Waals surface area (Å²) < 4.78 is 0. The fourth-order valence-electron chi connectivity index (χ4n) is 3.51. The number of piperidine rings is 1. The van der Waals surface area contributed by atoms with Gasteiger partial charge in [-0.3, -0.25) is 9.59 Å². The van der Waals surface area contributed by atoms with Crippen LogP contribution in [0.1, 0.15) is 43.0 Å². The van der Waals surface area contributed by atoms with Crippen molar-refractivity contribution in [2.24, 2.45) is 11.8 Å². The molecule has 1 aromatic rings. The number of aliphatic hydroxyl groups is 1. The first-order valence-electron chi connectivity index (χ1n) is 7.56. The molecule has 1 aliphatic heterocycles. The topological polar surface area (TPSA) is 86.3 Å². The summed E-state index contributed by atoms with van der Waals surface area (Å²) in [7, 11) is 0. The molecule has 0 unspecified atom stereocenters. The summed E-state index contributed by atoms with van der Waals surface area (Å²) in [6.45, 7) is 2.97. The number of rotatable bonds is 2. The van der Waals surface area contributed by atoms with Crippen LogP contribution in [-0.4, -0.2) is 44.6 Å². The molecule has 1 aliphatic carbocycles. The van der Waals surface area contributed by atoms with Crippen molar-refractivity contribution in [3.63, 3.8) is 0 Å². The zero-order valence-corrected chi connectivity index (χ0v) is 12.2. The van der Waals surface area contributed by atoms with E-state index < -0.39 is 11.2 Å². The molecule has 6 heteroatoms. The van der Waals surface area contributed by atoms with E-state index in [0.29, 0.717) is 25.4 Å². The maximum absolute atomic E-state index is 12.4. The van der Waals surface area contributed by atoms with Gasteiger partial charge in [0.1, 0.15) is 5.56 Å². The molecule has 1 amide bonds. The van der Waals surface area contributed by atoms with Gasteiger partial charge in [-0.2, -0.15) is 0 Å². The van der Waals surface area contributed by atoms with E-state index in [2.05, 4.69) is 9.97 Å².